The number of hydrogen-bond donors (Lipinski definition) is 2. The minimum Gasteiger partial charge on any atom is -0.484 e. The van der Waals surface area contributed by atoms with E-state index >= 15 is 0 Å². The van der Waals surface area contributed by atoms with E-state index in [1.165, 1.54) is 6.08 Å². The number of para-hydroxylation sites is 1. The Balaban J connectivity index is 1.64. The van der Waals surface area contributed by atoms with Gasteiger partial charge in [-0.05, 0) is 61.4 Å². The number of aryl methyl sites for hydroxylation is 2. The lowest BCUT2D eigenvalue weighted by Crippen LogP contribution is -2.20. The van der Waals surface area contributed by atoms with E-state index in [9.17, 15) is 14.9 Å². The van der Waals surface area contributed by atoms with Gasteiger partial charge in [0.15, 0.2) is 6.61 Å². The minimum absolute atomic E-state index is 0.0975. The van der Waals surface area contributed by atoms with Crippen molar-refractivity contribution in [3.63, 3.8) is 0 Å². The molecule has 3 rings (SSSR count). The van der Waals surface area contributed by atoms with Gasteiger partial charge in [-0.1, -0.05) is 53.6 Å². The van der Waals surface area contributed by atoms with Crippen molar-refractivity contribution in [3.05, 3.63) is 94.0 Å². The monoisotopic (exact) mass is 459 g/mol. The number of halogens is 1. The highest BCUT2D eigenvalue weighted by molar-refractivity contribution is 6.34. The molecule has 0 bridgehead atoms. The summed E-state index contributed by atoms with van der Waals surface area (Å²) in [5, 5.41) is 15.3. The standard InChI is InChI=1S/C26H22ClN3O3/c1-17-10-11-23(18(2)12-17)29-25(31)16-33-21-7-5-6-19(14-21)13-20(15-28)26(32)30-24-9-4-3-8-22(24)27/h3-14H,16H2,1-2H3,(H,29,31)(H,30,32)/b20-13+. The van der Waals surface area contributed by atoms with Gasteiger partial charge in [-0.25, -0.2) is 0 Å². The smallest absolute Gasteiger partial charge is 0.266 e. The molecule has 0 fully saturated rings. The summed E-state index contributed by atoms with van der Waals surface area (Å²) in [4.78, 5) is 24.7. The molecule has 0 spiro atoms. The summed E-state index contributed by atoms with van der Waals surface area (Å²) in [6.07, 6.45) is 1.44. The van der Waals surface area contributed by atoms with Gasteiger partial charge in [-0.3, -0.25) is 9.59 Å². The van der Waals surface area contributed by atoms with Gasteiger partial charge in [0.25, 0.3) is 11.8 Å². The highest BCUT2D eigenvalue weighted by Gasteiger charge is 2.12. The molecule has 0 aliphatic heterocycles. The normalized spacial score (nSPS) is 10.8. The largest absolute Gasteiger partial charge is 0.484 e. The molecule has 0 saturated heterocycles. The van der Waals surface area contributed by atoms with Gasteiger partial charge in [-0.15, -0.1) is 0 Å². The Labute approximate surface area is 197 Å². The quantitative estimate of drug-likeness (QED) is 0.359. The summed E-state index contributed by atoms with van der Waals surface area (Å²) < 4.78 is 5.59. The summed E-state index contributed by atoms with van der Waals surface area (Å²) in [5.41, 5.74) is 3.71. The zero-order chi connectivity index (χ0) is 23.8. The summed E-state index contributed by atoms with van der Waals surface area (Å²) >= 11 is 6.06. The van der Waals surface area contributed by atoms with E-state index in [2.05, 4.69) is 10.6 Å². The van der Waals surface area contributed by atoms with Gasteiger partial charge in [0, 0.05) is 5.69 Å². The maximum absolute atomic E-state index is 12.5. The third-order valence-corrected chi connectivity index (χ3v) is 5.01. The lowest BCUT2D eigenvalue weighted by atomic mass is 10.1. The first-order valence-electron chi connectivity index (χ1n) is 10.1. The van der Waals surface area contributed by atoms with Gasteiger partial charge in [0.05, 0.1) is 10.7 Å². The predicted molar refractivity (Wildman–Crippen MR) is 130 cm³/mol. The number of nitrogens with one attached hydrogen (secondary N) is 2. The number of carbonyl (C=O) groups excluding carboxylic acids is 2. The fourth-order valence-electron chi connectivity index (χ4n) is 3.05. The van der Waals surface area contributed by atoms with Crippen LogP contribution in [0.5, 0.6) is 5.75 Å². The van der Waals surface area contributed by atoms with E-state index in [1.54, 1.807) is 48.5 Å². The van der Waals surface area contributed by atoms with Crippen LogP contribution in [0.4, 0.5) is 11.4 Å². The van der Waals surface area contributed by atoms with Crippen LogP contribution in [0, 0.1) is 25.2 Å². The van der Waals surface area contributed by atoms with Crippen LogP contribution in [0.25, 0.3) is 6.08 Å². The molecule has 0 atom stereocenters. The Bertz CT molecular complexity index is 1260. The van der Waals surface area contributed by atoms with E-state index in [4.69, 9.17) is 16.3 Å². The molecule has 7 heteroatoms. The molecule has 166 valence electrons. The van der Waals surface area contributed by atoms with E-state index < -0.39 is 5.91 Å². The van der Waals surface area contributed by atoms with Crippen LogP contribution in [0.2, 0.25) is 5.02 Å². The van der Waals surface area contributed by atoms with Crippen LogP contribution in [-0.2, 0) is 9.59 Å². The Hall–Kier alpha value is -4.08. The number of amides is 2. The number of nitrogens with zero attached hydrogens (tertiary/aromatic N) is 1. The van der Waals surface area contributed by atoms with Crippen molar-refractivity contribution in [2.24, 2.45) is 0 Å². The van der Waals surface area contributed by atoms with Crippen molar-refractivity contribution in [1.82, 2.24) is 0 Å². The highest BCUT2D eigenvalue weighted by Crippen LogP contribution is 2.22. The zero-order valence-electron chi connectivity index (χ0n) is 18.2. The molecule has 33 heavy (non-hydrogen) atoms. The minimum atomic E-state index is -0.579. The highest BCUT2D eigenvalue weighted by atomic mass is 35.5. The molecular weight excluding hydrogens is 438 g/mol. The summed E-state index contributed by atoms with van der Waals surface area (Å²) in [6, 6.07) is 21.2. The molecule has 2 amide bonds. The average Bonchev–Trinajstić information content (AvgIpc) is 2.79. The maximum atomic E-state index is 12.5. The molecule has 0 heterocycles. The second-order valence-corrected chi connectivity index (χ2v) is 7.74. The second kappa shape index (κ2) is 11.0. The van der Waals surface area contributed by atoms with Crippen LogP contribution < -0.4 is 15.4 Å². The Kier molecular flexibility index (Phi) is 7.85. The molecule has 3 aromatic rings. The van der Waals surface area contributed by atoms with E-state index in [-0.39, 0.29) is 18.1 Å². The lowest BCUT2D eigenvalue weighted by molar-refractivity contribution is -0.118. The van der Waals surface area contributed by atoms with Gasteiger partial charge in [0.1, 0.15) is 17.4 Å². The number of anilines is 2. The first-order chi connectivity index (χ1) is 15.9. The van der Waals surface area contributed by atoms with E-state index in [0.29, 0.717) is 22.0 Å². The van der Waals surface area contributed by atoms with Crippen molar-refractivity contribution < 1.29 is 14.3 Å². The maximum Gasteiger partial charge on any atom is 0.266 e. The van der Waals surface area contributed by atoms with Crippen LogP contribution in [0.15, 0.2) is 72.3 Å². The SMILES string of the molecule is Cc1ccc(NC(=O)COc2cccc(/C=C(\C#N)C(=O)Nc3ccccc3Cl)c2)c(C)c1. The van der Waals surface area contributed by atoms with E-state index in [0.717, 1.165) is 16.8 Å². The van der Waals surface area contributed by atoms with E-state index in [1.807, 2.05) is 38.1 Å². The van der Waals surface area contributed by atoms with Crippen LogP contribution >= 0.6 is 11.6 Å². The fraction of sp³-hybridized carbons (Fsp3) is 0.115. The van der Waals surface area contributed by atoms with Crippen molar-refractivity contribution in [1.29, 1.82) is 5.26 Å². The Morgan fingerprint density at radius 1 is 1.00 bits per heavy atom. The second-order valence-electron chi connectivity index (χ2n) is 7.33. The molecule has 3 aromatic carbocycles. The van der Waals surface area contributed by atoms with Gasteiger partial charge >= 0.3 is 0 Å². The average molecular weight is 460 g/mol. The molecule has 2 N–H and O–H groups in total. The number of benzene rings is 3. The number of rotatable bonds is 7. The van der Waals surface area contributed by atoms with Crippen molar-refractivity contribution in [3.8, 4) is 11.8 Å². The molecule has 0 aliphatic carbocycles. The molecule has 6 nitrogen and oxygen atoms in total. The Morgan fingerprint density at radius 2 is 1.79 bits per heavy atom. The molecule has 0 unspecified atom stereocenters. The number of ether oxygens (including phenoxy) is 1. The first kappa shape index (κ1) is 23.6. The fourth-order valence-corrected chi connectivity index (χ4v) is 3.23. The Morgan fingerprint density at radius 3 is 2.52 bits per heavy atom. The van der Waals surface area contributed by atoms with Gasteiger partial charge in [0.2, 0.25) is 0 Å². The van der Waals surface area contributed by atoms with Crippen molar-refractivity contribution in [2.75, 3.05) is 17.2 Å². The predicted octanol–water partition coefficient (Wildman–Crippen LogP) is 5.52. The molecule has 0 radical (unpaired) electrons. The van der Waals surface area contributed by atoms with Crippen LogP contribution in [0.3, 0.4) is 0 Å². The molecule has 0 aliphatic rings. The number of carbonyl (C=O) groups is 2. The van der Waals surface area contributed by atoms with Gasteiger partial charge < -0.3 is 15.4 Å². The first-order valence-corrected chi connectivity index (χ1v) is 10.5. The van der Waals surface area contributed by atoms with Crippen molar-refractivity contribution in [2.45, 2.75) is 13.8 Å². The summed E-state index contributed by atoms with van der Waals surface area (Å²) in [6.45, 7) is 3.73. The third-order valence-electron chi connectivity index (χ3n) is 4.68. The van der Waals surface area contributed by atoms with Crippen LogP contribution in [0.1, 0.15) is 16.7 Å². The molecule has 0 aromatic heterocycles. The number of nitriles is 1. The summed E-state index contributed by atoms with van der Waals surface area (Å²) in [5.74, 6) is -0.437. The third kappa shape index (κ3) is 6.70. The molecular formula is C26H22ClN3O3. The molecule has 0 saturated carbocycles. The topological polar surface area (TPSA) is 91.2 Å². The van der Waals surface area contributed by atoms with Gasteiger partial charge in [-0.2, -0.15) is 5.26 Å². The van der Waals surface area contributed by atoms with Crippen molar-refractivity contribution >= 4 is 40.9 Å². The number of hydrogen-bond acceptors (Lipinski definition) is 4. The van der Waals surface area contributed by atoms with Crippen LogP contribution in [-0.4, -0.2) is 18.4 Å². The summed E-state index contributed by atoms with van der Waals surface area (Å²) in [7, 11) is 0. The zero-order valence-corrected chi connectivity index (χ0v) is 18.9. The lowest BCUT2D eigenvalue weighted by Gasteiger charge is -2.10.